The highest BCUT2D eigenvalue weighted by atomic mass is 16.6. The highest BCUT2D eigenvalue weighted by Crippen LogP contribution is 2.19. The summed E-state index contributed by atoms with van der Waals surface area (Å²) >= 11 is 0. The van der Waals surface area contributed by atoms with E-state index >= 15 is 0 Å². The van der Waals surface area contributed by atoms with Gasteiger partial charge in [-0.1, -0.05) is 24.4 Å². The van der Waals surface area contributed by atoms with Crippen molar-refractivity contribution in [2.75, 3.05) is 13.1 Å². The van der Waals surface area contributed by atoms with Crippen molar-refractivity contribution < 1.29 is 14.1 Å². The van der Waals surface area contributed by atoms with E-state index in [-0.39, 0.29) is 0 Å². The van der Waals surface area contributed by atoms with Gasteiger partial charge in [0.15, 0.2) is 5.82 Å². The topological polar surface area (TPSA) is 80.5 Å². The van der Waals surface area contributed by atoms with Crippen LogP contribution >= 0.6 is 0 Å². The Balaban J connectivity index is 1.95. The molecule has 0 saturated carbocycles. The Morgan fingerprint density at radius 2 is 1.72 bits per heavy atom. The van der Waals surface area contributed by atoms with E-state index in [9.17, 15) is 4.79 Å². The Labute approximate surface area is 150 Å². The molecule has 142 valence electrons. The average Bonchev–Trinajstić information content (AvgIpc) is 2.88. The van der Waals surface area contributed by atoms with Crippen LogP contribution in [-0.2, 0) is 16.8 Å². The standard InChI is InChI=1S/C18H32N4O3/c1-17(2,3)24-16(23)20-18(4,5)15-19-14(25-21-15)13-22-11-9-7-6-8-10-12-22/h6-13H2,1-5H3,(H,20,23). The van der Waals surface area contributed by atoms with Crippen molar-refractivity contribution >= 4 is 6.09 Å². The molecule has 1 saturated heterocycles. The molecule has 1 aliphatic rings. The van der Waals surface area contributed by atoms with Crippen molar-refractivity contribution in [3.8, 4) is 0 Å². The van der Waals surface area contributed by atoms with E-state index in [0.29, 0.717) is 18.3 Å². The van der Waals surface area contributed by atoms with Crippen LogP contribution in [-0.4, -0.2) is 39.8 Å². The highest BCUT2D eigenvalue weighted by molar-refractivity contribution is 5.68. The quantitative estimate of drug-likeness (QED) is 0.892. The summed E-state index contributed by atoms with van der Waals surface area (Å²) in [5.41, 5.74) is -1.31. The number of carbonyl (C=O) groups excluding carboxylic acids is 1. The highest BCUT2D eigenvalue weighted by Gasteiger charge is 2.31. The molecule has 1 amide bonds. The van der Waals surface area contributed by atoms with Crippen LogP contribution in [0.1, 0.15) is 78.4 Å². The smallest absolute Gasteiger partial charge is 0.408 e. The molecule has 2 rings (SSSR count). The van der Waals surface area contributed by atoms with Crippen molar-refractivity contribution in [2.24, 2.45) is 0 Å². The van der Waals surface area contributed by atoms with Crippen LogP contribution in [0.3, 0.4) is 0 Å². The number of aromatic nitrogens is 2. The van der Waals surface area contributed by atoms with Gasteiger partial charge < -0.3 is 14.6 Å². The van der Waals surface area contributed by atoms with Crippen LogP contribution < -0.4 is 5.32 Å². The number of ether oxygens (including phenoxy) is 1. The van der Waals surface area contributed by atoms with Crippen LogP contribution in [0.4, 0.5) is 4.79 Å². The predicted molar refractivity (Wildman–Crippen MR) is 95.1 cm³/mol. The fourth-order valence-electron chi connectivity index (χ4n) is 2.85. The molecule has 1 aromatic heterocycles. The van der Waals surface area contributed by atoms with E-state index in [1.807, 2.05) is 34.6 Å². The lowest BCUT2D eigenvalue weighted by Gasteiger charge is -2.26. The Bertz CT molecular complexity index is 555. The monoisotopic (exact) mass is 352 g/mol. The minimum atomic E-state index is -0.764. The van der Waals surface area contributed by atoms with Gasteiger partial charge in [0.2, 0.25) is 5.89 Å². The van der Waals surface area contributed by atoms with Crippen molar-refractivity contribution in [1.82, 2.24) is 20.4 Å². The zero-order valence-electron chi connectivity index (χ0n) is 16.2. The second-order valence-electron chi connectivity index (χ2n) is 8.31. The molecule has 0 aromatic carbocycles. The summed E-state index contributed by atoms with van der Waals surface area (Å²) in [5.74, 6) is 1.05. The second kappa shape index (κ2) is 8.17. The first kappa shape index (κ1) is 19.7. The number of hydrogen-bond donors (Lipinski definition) is 1. The first-order valence-corrected chi connectivity index (χ1v) is 9.22. The van der Waals surface area contributed by atoms with Gasteiger partial charge in [0.1, 0.15) is 11.1 Å². The predicted octanol–water partition coefficient (Wildman–Crippen LogP) is 3.60. The summed E-state index contributed by atoms with van der Waals surface area (Å²) in [5, 5.41) is 6.87. The first-order valence-electron chi connectivity index (χ1n) is 9.22. The van der Waals surface area contributed by atoms with Gasteiger partial charge in [-0.15, -0.1) is 0 Å². The second-order valence-corrected chi connectivity index (χ2v) is 8.31. The third kappa shape index (κ3) is 6.65. The maximum Gasteiger partial charge on any atom is 0.408 e. The van der Waals surface area contributed by atoms with Crippen molar-refractivity contribution in [3.63, 3.8) is 0 Å². The number of amides is 1. The first-order chi connectivity index (χ1) is 11.7. The Kier molecular flexibility index (Phi) is 6.43. The molecular weight excluding hydrogens is 320 g/mol. The lowest BCUT2D eigenvalue weighted by molar-refractivity contribution is 0.0465. The molecule has 2 heterocycles. The number of carbonyl (C=O) groups is 1. The van der Waals surface area contributed by atoms with E-state index in [2.05, 4.69) is 20.4 Å². The molecule has 7 heteroatoms. The molecule has 0 atom stereocenters. The molecule has 7 nitrogen and oxygen atoms in total. The van der Waals surface area contributed by atoms with Crippen LogP contribution in [0.5, 0.6) is 0 Å². The molecule has 1 aliphatic heterocycles. The summed E-state index contributed by atoms with van der Waals surface area (Å²) in [7, 11) is 0. The minimum Gasteiger partial charge on any atom is -0.444 e. The maximum atomic E-state index is 12.0. The summed E-state index contributed by atoms with van der Waals surface area (Å²) < 4.78 is 10.7. The number of likely N-dealkylation sites (tertiary alicyclic amines) is 1. The van der Waals surface area contributed by atoms with Crippen molar-refractivity contribution in [1.29, 1.82) is 0 Å². The molecule has 0 spiro atoms. The average molecular weight is 352 g/mol. The van der Waals surface area contributed by atoms with E-state index in [4.69, 9.17) is 9.26 Å². The lowest BCUT2D eigenvalue weighted by Crippen LogP contribution is -2.44. The molecule has 25 heavy (non-hydrogen) atoms. The van der Waals surface area contributed by atoms with Gasteiger partial charge in [0, 0.05) is 0 Å². The number of hydrogen-bond acceptors (Lipinski definition) is 6. The zero-order valence-corrected chi connectivity index (χ0v) is 16.2. The number of rotatable bonds is 4. The van der Waals surface area contributed by atoms with E-state index in [1.54, 1.807) is 0 Å². The lowest BCUT2D eigenvalue weighted by atomic mass is 10.1. The Hall–Kier alpha value is -1.63. The van der Waals surface area contributed by atoms with Gasteiger partial charge >= 0.3 is 6.09 Å². The largest absolute Gasteiger partial charge is 0.444 e. The number of nitrogens with zero attached hydrogens (tertiary/aromatic N) is 3. The van der Waals surface area contributed by atoms with Gasteiger partial charge in [-0.05, 0) is 60.5 Å². The molecule has 1 N–H and O–H groups in total. The van der Waals surface area contributed by atoms with Gasteiger partial charge in [0.05, 0.1) is 6.54 Å². The fraction of sp³-hybridized carbons (Fsp3) is 0.833. The molecule has 0 radical (unpaired) electrons. The minimum absolute atomic E-state index is 0.459. The van der Waals surface area contributed by atoms with Crippen molar-refractivity contribution in [2.45, 2.75) is 84.4 Å². The van der Waals surface area contributed by atoms with E-state index < -0.39 is 17.2 Å². The summed E-state index contributed by atoms with van der Waals surface area (Å²) in [4.78, 5) is 18.9. The molecular formula is C18H32N4O3. The Morgan fingerprint density at radius 3 is 2.32 bits per heavy atom. The van der Waals surface area contributed by atoms with Gasteiger partial charge in [-0.3, -0.25) is 4.90 Å². The van der Waals surface area contributed by atoms with E-state index in [0.717, 1.165) is 13.1 Å². The SMILES string of the molecule is CC(C)(C)OC(=O)NC(C)(C)c1noc(CN2CCCCCCC2)n1. The van der Waals surface area contributed by atoms with Gasteiger partial charge in [-0.25, -0.2) is 4.79 Å². The molecule has 0 bridgehead atoms. The number of alkyl carbamates (subject to hydrolysis) is 1. The fourth-order valence-corrected chi connectivity index (χ4v) is 2.85. The third-order valence-corrected chi connectivity index (χ3v) is 4.15. The van der Waals surface area contributed by atoms with E-state index in [1.165, 1.54) is 32.1 Å². The van der Waals surface area contributed by atoms with Gasteiger partial charge in [-0.2, -0.15) is 4.98 Å². The molecule has 1 fully saturated rings. The molecule has 1 aromatic rings. The summed E-state index contributed by atoms with van der Waals surface area (Å²) in [6.07, 6.45) is 5.85. The molecule has 0 aliphatic carbocycles. The maximum absolute atomic E-state index is 12.0. The van der Waals surface area contributed by atoms with Crippen LogP contribution in [0.15, 0.2) is 4.52 Å². The normalized spacial score (nSPS) is 17.6. The van der Waals surface area contributed by atoms with Crippen LogP contribution in [0, 0.1) is 0 Å². The zero-order chi connectivity index (χ0) is 18.5. The summed E-state index contributed by atoms with van der Waals surface area (Å²) in [6.45, 7) is 12.0. The number of nitrogens with one attached hydrogen (secondary N) is 1. The third-order valence-electron chi connectivity index (χ3n) is 4.15. The Morgan fingerprint density at radius 1 is 1.12 bits per heavy atom. The van der Waals surface area contributed by atoms with Gasteiger partial charge in [0.25, 0.3) is 0 Å². The summed E-state index contributed by atoms with van der Waals surface area (Å²) in [6, 6.07) is 0. The van der Waals surface area contributed by atoms with Crippen molar-refractivity contribution in [3.05, 3.63) is 11.7 Å². The van der Waals surface area contributed by atoms with Crippen LogP contribution in [0.25, 0.3) is 0 Å². The van der Waals surface area contributed by atoms with Crippen LogP contribution in [0.2, 0.25) is 0 Å². The molecule has 0 unspecified atom stereocenters.